The molecule has 0 aliphatic carbocycles. The Morgan fingerprint density at radius 2 is 2.15 bits per heavy atom. The number of hydrogen-bond donors (Lipinski definition) is 2. The molecule has 4 aromatic heterocycles. The molecule has 10 heteroatoms. The number of rotatable bonds is 4. The number of aryl methyl sites for hydroxylation is 2. The van der Waals surface area contributed by atoms with Crippen LogP contribution in [-0.2, 0) is 11.2 Å². The standard InChI is InChI=1S/C17H14ClN5O2S2/c1-8-10(9(2)23-14(19-8)6-16(25)22-23)5-15(24)21-17-20-11(7-26-17)12-3-4-13(18)27-12/h3-4,6-7H,5H2,1-2H3,(H,22,25)(H,20,21,24). The summed E-state index contributed by atoms with van der Waals surface area (Å²) in [6, 6.07) is 5.15. The summed E-state index contributed by atoms with van der Waals surface area (Å²) in [5.41, 5.74) is 3.37. The van der Waals surface area contributed by atoms with Crippen molar-refractivity contribution in [3.05, 3.63) is 55.2 Å². The molecule has 0 radical (unpaired) electrons. The lowest BCUT2D eigenvalue weighted by molar-refractivity contribution is -0.115. The number of fused-ring (bicyclic) bond motifs is 1. The second-order valence-corrected chi connectivity index (χ2v) is 8.51. The van der Waals surface area contributed by atoms with Gasteiger partial charge >= 0.3 is 0 Å². The topological polar surface area (TPSA) is 92.1 Å². The molecule has 0 aliphatic rings. The van der Waals surface area contributed by atoms with Gasteiger partial charge in [-0.15, -0.1) is 22.7 Å². The normalized spacial score (nSPS) is 11.2. The van der Waals surface area contributed by atoms with Crippen LogP contribution in [-0.4, -0.2) is 25.5 Å². The molecule has 7 nitrogen and oxygen atoms in total. The number of carbonyl (C=O) groups excluding carboxylic acids is 1. The van der Waals surface area contributed by atoms with Gasteiger partial charge in [0, 0.05) is 28.4 Å². The van der Waals surface area contributed by atoms with Crippen LogP contribution in [0, 0.1) is 13.8 Å². The largest absolute Gasteiger partial charge is 0.302 e. The summed E-state index contributed by atoms with van der Waals surface area (Å²) < 4.78 is 2.29. The molecule has 0 atom stereocenters. The summed E-state index contributed by atoms with van der Waals surface area (Å²) in [6.45, 7) is 3.68. The first-order valence-corrected chi connectivity index (χ1v) is 10.1. The molecule has 138 valence electrons. The average molecular weight is 420 g/mol. The Hall–Kier alpha value is -2.49. The predicted octanol–water partition coefficient (Wildman–Crippen LogP) is 3.66. The minimum atomic E-state index is -0.226. The van der Waals surface area contributed by atoms with E-state index < -0.39 is 0 Å². The molecule has 0 bridgehead atoms. The van der Waals surface area contributed by atoms with Crippen molar-refractivity contribution in [1.82, 2.24) is 19.6 Å². The van der Waals surface area contributed by atoms with Gasteiger partial charge < -0.3 is 5.32 Å². The van der Waals surface area contributed by atoms with Gasteiger partial charge in [0.05, 0.1) is 21.3 Å². The maximum atomic E-state index is 12.5. The predicted molar refractivity (Wildman–Crippen MR) is 108 cm³/mol. The lowest BCUT2D eigenvalue weighted by Gasteiger charge is -2.11. The van der Waals surface area contributed by atoms with E-state index in [4.69, 9.17) is 11.6 Å². The molecule has 0 unspecified atom stereocenters. The number of nitrogens with one attached hydrogen (secondary N) is 2. The number of hydrogen-bond acceptors (Lipinski definition) is 6. The third-order valence-corrected chi connectivity index (χ3v) is 6.13. The van der Waals surface area contributed by atoms with Crippen LogP contribution in [0.3, 0.4) is 0 Å². The van der Waals surface area contributed by atoms with Gasteiger partial charge in [0.25, 0.3) is 5.56 Å². The molecular formula is C17H14ClN5O2S2. The number of halogens is 1. The Bertz CT molecular complexity index is 1220. The second-order valence-electron chi connectivity index (χ2n) is 5.94. The minimum absolute atomic E-state index is 0.139. The van der Waals surface area contributed by atoms with Crippen LogP contribution in [0.25, 0.3) is 16.2 Å². The van der Waals surface area contributed by atoms with Gasteiger partial charge in [0.1, 0.15) is 0 Å². The molecule has 0 aliphatic heterocycles. The lowest BCUT2D eigenvalue weighted by Crippen LogP contribution is -2.17. The third-order valence-electron chi connectivity index (χ3n) is 4.12. The van der Waals surface area contributed by atoms with Crippen molar-refractivity contribution in [3.63, 3.8) is 0 Å². The fourth-order valence-corrected chi connectivity index (χ4v) is 4.64. The van der Waals surface area contributed by atoms with E-state index in [1.165, 1.54) is 28.7 Å². The number of amides is 1. The van der Waals surface area contributed by atoms with E-state index in [1.54, 1.807) is 4.52 Å². The molecule has 0 saturated carbocycles. The Kier molecular flexibility index (Phi) is 4.58. The zero-order valence-corrected chi connectivity index (χ0v) is 16.8. The van der Waals surface area contributed by atoms with E-state index in [-0.39, 0.29) is 17.9 Å². The lowest BCUT2D eigenvalue weighted by atomic mass is 10.1. The highest BCUT2D eigenvalue weighted by atomic mass is 35.5. The molecule has 27 heavy (non-hydrogen) atoms. The number of anilines is 1. The Morgan fingerprint density at radius 3 is 2.89 bits per heavy atom. The number of nitrogens with zero attached hydrogens (tertiary/aromatic N) is 3. The van der Waals surface area contributed by atoms with Gasteiger partial charge in [-0.2, -0.15) is 0 Å². The van der Waals surface area contributed by atoms with E-state index in [0.29, 0.717) is 15.1 Å². The SMILES string of the molecule is Cc1nc2cc(=O)[nH]n2c(C)c1CC(=O)Nc1nc(-c2ccc(Cl)s2)cs1. The van der Waals surface area contributed by atoms with E-state index in [1.807, 2.05) is 31.4 Å². The number of aromatic amines is 1. The van der Waals surface area contributed by atoms with Crippen LogP contribution in [0.1, 0.15) is 17.0 Å². The summed E-state index contributed by atoms with van der Waals surface area (Å²) in [5, 5.41) is 7.92. The van der Waals surface area contributed by atoms with E-state index in [0.717, 1.165) is 27.5 Å². The fourth-order valence-electron chi connectivity index (χ4n) is 2.83. The maximum absolute atomic E-state index is 12.5. The van der Waals surface area contributed by atoms with Crippen molar-refractivity contribution in [3.8, 4) is 10.6 Å². The molecule has 0 fully saturated rings. The molecule has 0 aromatic carbocycles. The zero-order chi connectivity index (χ0) is 19.1. The molecule has 4 aromatic rings. The number of thiazole rings is 1. The quantitative estimate of drug-likeness (QED) is 0.528. The zero-order valence-electron chi connectivity index (χ0n) is 14.4. The average Bonchev–Trinajstić information content (AvgIpc) is 3.31. The molecule has 4 heterocycles. The monoisotopic (exact) mass is 419 g/mol. The number of H-pyrrole nitrogens is 1. The molecular weight excluding hydrogens is 406 g/mol. The van der Waals surface area contributed by atoms with Crippen LogP contribution >= 0.6 is 34.3 Å². The van der Waals surface area contributed by atoms with Crippen molar-refractivity contribution in [2.45, 2.75) is 20.3 Å². The summed E-state index contributed by atoms with van der Waals surface area (Å²) in [6.07, 6.45) is 0.139. The molecule has 0 saturated heterocycles. The minimum Gasteiger partial charge on any atom is -0.302 e. The molecule has 4 rings (SSSR count). The van der Waals surface area contributed by atoms with Crippen LogP contribution < -0.4 is 10.9 Å². The molecule has 2 N–H and O–H groups in total. The second kappa shape index (κ2) is 6.91. The van der Waals surface area contributed by atoms with Crippen molar-refractivity contribution in [2.75, 3.05) is 5.32 Å². The van der Waals surface area contributed by atoms with Gasteiger partial charge in [-0.25, -0.2) is 14.5 Å². The van der Waals surface area contributed by atoms with Crippen molar-refractivity contribution >= 4 is 51.0 Å². The summed E-state index contributed by atoms with van der Waals surface area (Å²) in [4.78, 5) is 33.8. The number of thiophene rings is 1. The first kappa shape index (κ1) is 17.9. The van der Waals surface area contributed by atoms with Crippen LogP contribution in [0.2, 0.25) is 4.34 Å². The first-order valence-electron chi connectivity index (χ1n) is 7.99. The Balaban J connectivity index is 1.54. The Labute approximate surface area is 166 Å². The summed E-state index contributed by atoms with van der Waals surface area (Å²) >= 11 is 8.76. The van der Waals surface area contributed by atoms with Gasteiger partial charge in [0.15, 0.2) is 10.8 Å². The highest BCUT2D eigenvalue weighted by molar-refractivity contribution is 7.20. The highest BCUT2D eigenvalue weighted by Crippen LogP contribution is 2.32. The van der Waals surface area contributed by atoms with Gasteiger partial charge in [-0.05, 0) is 26.0 Å². The summed E-state index contributed by atoms with van der Waals surface area (Å²) in [5.74, 6) is -0.193. The molecule has 1 amide bonds. The van der Waals surface area contributed by atoms with Crippen LogP contribution in [0.15, 0.2) is 28.4 Å². The van der Waals surface area contributed by atoms with Crippen LogP contribution in [0.5, 0.6) is 0 Å². The van der Waals surface area contributed by atoms with Crippen molar-refractivity contribution in [1.29, 1.82) is 0 Å². The fraction of sp³-hybridized carbons (Fsp3) is 0.176. The van der Waals surface area contributed by atoms with Gasteiger partial charge in [-0.3, -0.25) is 14.7 Å². The van der Waals surface area contributed by atoms with Gasteiger partial charge in [-0.1, -0.05) is 11.6 Å². The third kappa shape index (κ3) is 3.53. The molecule has 0 spiro atoms. The highest BCUT2D eigenvalue weighted by Gasteiger charge is 2.16. The van der Waals surface area contributed by atoms with E-state index in [9.17, 15) is 9.59 Å². The smallest absolute Gasteiger partial charge is 0.266 e. The van der Waals surface area contributed by atoms with E-state index >= 15 is 0 Å². The Morgan fingerprint density at radius 1 is 1.33 bits per heavy atom. The van der Waals surface area contributed by atoms with Crippen molar-refractivity contribution < 1.29 is 4.79 Å². The first-order chi connectivity index (χ1) is 12.9. The number of carbonyl (C=O) groups is 1. The maximum Gasteiger partial charge on any atom is 0.266 e. The number of aromatic nitrogens is 4. The van der Waals surface area contributed by atoms with Crippen LogP contribution in [0.4, 0.5) is 5.13 Å². The summed E-state index contributed by atoms with van der Waals surface area (Å²) in [7, 11) is 0. The van der Waals surface area contributed by atoms with E-state index in [2.05, 4.69) is 20.4 Å². The van der Waals surface area contributed by atoms with Gasteiger partial charge in [0.2, 0.25) is 5.91 Å². The van der Waals surface area contributed by atoms with Crippen molar-refractivity contribution in [2.24, 2.45) is 0 Å².